The Hall–Kier alpha value is 0.270. The molecule has 0 N–H and O–H groups in total. The number of aromatic nitrogens is 1. The van der Waals surface area contributed by atoms with E-state index in [-0.39, 0.29) is 0 Å². The van der Waals surface area contributed by atoms with Gasteiger partial charge in [-0.05, 0) is 28.3 Å². The van der Waals surface area contributed by atoms with Crippen LogP contribution in [0.4, 0.5) is 0 Å². The highest BCUT2D eigenvalue weighted by molar-refractivity contribution is 9.10. The molecule has 1 nitrogen and oxygen atoms in total. The van der Waals surface area contributed by atoms with E-state index < -0.39 is 0 Å². The Morgan fingerprint density at radius 2 is 2.40 bits per heavy atom. The van der Waals surface area contributed by atoms with Crippen molar-refractivity contribution in [2.45, 2.75) is 4.90 Å². The molecule has 0 aliphatic heterocycles. The second kappa shape index (κ2) is 3.60. The lowest BCUT2D eigenvalue weighted by Gasteiger charge is -1.99. The van der Waals surface area contributed by atoms with Crippen molar-refractivity contribution in [2.24, 2.45) is 0 Å². The third-order valence-electron chi connectivity index (χ3n) is 1.02. The van der Waals surface area contributed by atoms with Gasteiger partial charge in [-0.1, -0.05) is 11.6 Å². The molecule has 4 heteroatoms. The molecule has 0 aliphatic rings. The summed E-state index contributed by atoms with van der Waals surface area (Å²) >= 11 is 10.7. The van der Waals surface area contributed by atoms with Crippen molar-refractivity contribution in [1.29, 1.82) is 0 Å². The van der Waals surface area contributed by atoms with Gasteiger partial charge in [0.2, 0.25) is 0 Å². The smallest absolute Gasteiger partial charge is 0.121 e. The fourth-order valence-corrected chi connectivity index (χ4v) is 2.38. The van der Waals surface area contributed by atoms with Crippen molar-refractivity contribution in [3.05, 3.63) is 21.9 Å². The van der Waals surface area contributed by atoms with Gasteiger partial charge in [0, 0.05) is 6.20 Å². The maximum absolute atomic E-state index is 5.84. The van der Waals surface area contributed by atoms with Crippen molar-refractivity contribution in [2.75, 3.05) is 6.26 Å². The molecule has 0 unspecified atom stereocenters. The fraction of sp³-hybridized carbons (Fsp3) is 0.167. The van der Waals surface area contributed by atoms with Crippen LogP contribution in [0.5, 0.6) is 0 Å². The lowest BCUT2D eigenvalue weighted by Crippen LogP contribution is -1.79. The first-order valence-corrected chi connectivity index (χ1v) is 4.99. The van der Waals surface area contributed by atoms with E-state index in [1.54, 1.807) is 24.0 Å². The molecule has 0 radical (unpaired) electrons. The van der Waals surface area contributed by atoms with Gasteiger partial charge >= 0.3 is 0 Å². The lowest BCUT2D eigenvalue weighted by molar-refractivity contribution is 1.18. The number of hydrogen-bond acceptors (Lipinski definition) is 2. The molecule has 0 amide bonds. The van der Waals surface area contributed by atoms with Crippen molar-refractivity contribution in [3.63, 3.8) is 0 Å². The zero-order chi connectivity index (χ0) is 7.56. The topological polar surface area (TPSA) is 12.9 Å². The van der Waals surface area contributed by atoms with Gasteiger partial charge in [0.15, 0.2) is 0 Å². The standard InChI is InChI=1S/C6H5BrClNS/c1-10-5-4(8)2-3-9-6(5)7/h2-3H,1H3. The molecule has 0 fully saturated rings. The minimum absolute atomic E-state index is 0.745. The number of pyridine rings is 1. The van der Waals surface area contributed by atoms with E-state index in [0.29, 0.717) is 0 Å². The van der Waals surface area contributed by atoms with E-state index in [2.05, 4.69) is 20.9 Å². The predicted octanol–water partition coefficient (Wildman–Crippen LogP) is 3.22. The molecule has 1 heterocycles. The predicted molar refractivity (Wildman–Crippen MR) is 48.7 cm³/mol. The summed E-state index contributed by atoms with van der Waals surface area (Å²) in [4.78, 5) is 5.01. The van der Waals surface area contributed by atoms with Crippen LogP contribution in [-0.4, -0.2) is 11.2 Å². The number of nitrogens with zero attached hydrogens (tertiary/aromatic N) is 1. The molecular weight excluding hydrogens is 233 g/mol. The molecule has 0 spiro atoms. The Morgan fingerprint density at radius 3 is 2.80 bits per heavy atom. The minimum atomic E-state index is 0.745. The lowest BCUT2D eigenvalue weighted by atomic mass is 10.5. The van der Waals surface area contributed by atoms with E-state index in [0.717, 1.165) is 14.5 Å². The summed E-state index contributed by atoms with van der Waals surface area (Å²) in [6.07, 6.45) is 3.64. The summed E-state index contributed by atoms with van der Waals surface area (Å²) in [5.41, 5.74) is 0. The second-order valence-electron chi connectivity index (χ2n) is 1.62. The van der Waals surface area contributed by atoms with Gasteiger partial charge in [-0.3, -0.25) is 0 Å². The highest BCUT2D eigenvalue weighted by atomic mass is 79.9. The third kappa shape index (κ3) is 1.65. The van der Waals surface area contributed by atoms with Crippen LogP contribution in [0.25, 0.3) is 0 Å². The third-order valence-corrected chi connectivity index (χ3v) is 3.13. The van der Waals surface area contributed by atoms with Gasteiger partial charge in [-0.25, -0.2) is 4.98 Å². The van der Waals surface area contributed by atoms with Gasteiger partial charge in [0.25, 0.3) is 0 Å². The first kappa shape index (κ1) is 8.37. The van der Waals surface area contributed by atoms with Gasteiger partial charge < -0.3 is 0 Å². The first-order valence-electron chi connectivity index (χ1n) is 2.59. The Balaban J connectivity index is 3.17. The van der Waals surface area contributed by atoms with Crippen molar-refractivity contribution in [3.8, 4) is 0 Å². The highest BCUT2D eigenvalue weighted by Gasteiger charge is 2.02. The Kier molecular flexibility index (Phi) is 3.01. The zero-order valence-corrected chi connectivity index (χ0v) is 8.42. The number of hydrogen-bond donors (Lipinski definition) is 0. The van der Waals surface area contributed by atoms with E-state index in [1.165, 1.54) is 0 Å². The maximum atomic E-state index is 5.84. The average Bonchev–Trinajstić information content (AvgIpc) is 1.88. The molecule has 1 rings (SSSR count). The Labute approximate surface area is 77.3 Å². The summed E-state index contributed by atoms with van der Waals surface area (Å²) in [5, 5.41) is 0.745. The first-order chi connectivity index (χ1) is 4.75. The fourth-order valence-electron chi connectivity index (χ4n) is 0.583. The van der Waals surface area contributed by atoms with Gasteiger partial charge in [-0.15, -0.1) is 11.8 Å². The van der Waals surface area contributed by atoms with E-state index in [9.17, 15) is 0 Å². The van der Waals surface area contributed by atoms with E-state index >= 15 is 0 Å². The van der Waals surface area contributed by atoms with Crippen LogP contribution in [0, 0.1) is 0 Å². The van der Waals surface area contributed by atoms with E-state index in [1.807, 2.05) is 6.26 Å². The largest absolute Gasteiger partial charge is 0.248 e. The summed E-state index contributed by atoms with van der Waals surface area (Å²) in [5.74, 6) is 0. The molecular formula is C6H5BrClNS. The summed E-state index contributed by atoms with van der Waals surface area (Å²) < 4.78 is 0.813. The molecule has 10 heavy (non-hydrogen) atoms. The zero-order valence-electron chi connectivity index (χ0n) is 5.27. The van der Waals surface area contributed by atoms with Crippen molar-refractivity contribution >= 4 is 39.3 Å². The molecule has 0 atom stereocenters. The SMILES string of the molecule is CSc1c(Cl)ccnc1Br. The van der Waals surface area contributed by atoms with Crippen molar-refractivity contribution < 1.29 is 0 Å². The average molecular weight is 239 g/mol. The summed E-state index contributed by atoms with van der Waals surface area (Å²) in [6, 6.07) is 1.78. The Morgan fingerprint density at radius 1 is 1.70 bits per heavy atom. The number of rotatable bonds is 1. The normalized spacial score (nSPS) is 9.90. The maximum Gasteiger partial charge on any atom is 0.121 e. The molecule has 0 bridgehead atoms. The van der Waals surface area contributed by atoms with Crippen LogP contribution in [0.3, 0.4) is 0 Å². The van der Waals surface area contributed by atoms with Crippen LogP contribution in [0.2, 0.25) is 5.02 Å². The minimum Gasteiger partial charge on any atom is -0.248 e. The summed E-state index contributed by atoms with van der Waals surface area (Å²) in [7, 11) is 0. The van der Waals surface area contributed by atoms with Crippen molar-refractivity contribution in [1.82, 2.24) is 4.98 Å². The van der Waals surface area contributed by atoms with Crippen LogP contribution < -0.4 is 0 Å². The van der Waals surface area contributed by atoms with Crippen LogP contribution >= 0.6 is 39.3 Å². The molecule has 1 aromatic heterocycles. The van der Waals surface area contributed by atoms with E-state index in [4.69, 9.17) is 11.6 Å². The quantitative estimate of drug-likeness (QED) is 0.550. The van der Waals surface area contributed by atoms with Gasteiger partial charge in [0.05, 0.1) is 9.92 Å². The van der Waals surface area contributed by atoms with Gasteiger partial charge in [0.1, 0.15) is 4.60 Å². The Bertz CT molecular complexity index is 221. The number of halogens is 2. The van der Waals surface area contributed by atoms with Crippen LogP contribution in [0.15, 0.2) is 21.8 Å². The summed E-state index contributed by atoms with van der Waals surface area (Å²) in [6.45, 7) is 0. The molecule has 0 saturated heterocycles. The molecule has 0 saturated carbocycles. The molecule has 0 aliphatic carbocycles. The molecule has 1 aromatic rings. The highest BCUT2D eigenvalue weighted by Crippen LogP contribution is 2.30. The molecule has 0 aromatic carbocycles. The molecule has 54 valence electrons. The number of thioether (sulfide) groups is 1. The monoisotopic (exact) mass is 237 g/mol. The van der Waals surface area contributed by atoms with Gasteiger partial charge in [-0.2, -0.15) is 0 Å². The second-order valence-corrected chi connectivity index (χ2v) is 3.59. The van der Waals surface area contributed by atoms with Crippen LogP contribution in [0.1, 0.15) is 0 Å². The van der Waals surface area contributed by atoms with Crippen LogP contribution in [-0.2, 0) is 0 Å².